The second kappa shape index (κ2) is 9.37. The Morgan fingerprint density at radius 3 is 2.62 bits per heavy atom. The molecule has 0 bridgehead atoms. The number of rotatable bonds is 10. The Hall–Kier alpha value is -1.58. The standard InChI is InChI=1S/C17H26O4/c1-3-4-5-6-7-8-14(18)11-9-13-10-12-15(21-2)16(13)17(19)20/h9,11,13H,3-8,10,12H2,1-2H3,(H,19,20). The van der Waals surface area contributed by atoms with Gasteiger partial charge in [-0.15, -0.1) is 0 Å². The highest BCUT2D eigenvalue weighted by molar-refractivity contribution is 5.91. The number of allylic oxidation sites excluding steroid dienone is 3. The summed E-state index contributed by atoms with van der Waals surface area (Å²) in [6.45, 7) is 2.16. The number of aliphatic carboxylic acids is 1. The second-order valence-corrected chi connectivity index (χ2v) is 5.48. The molecule has 1 rings (SSSR count). The molecule has 0 fully saturated rings. The van der Waals surface area contributed by atoms with Crippen LogP contribution in [-0.4, -0.2) is 24.0 Å². The van der Waals surface area contributed by atoms with E-state index in [1.807, 2.05) is 0 Å². The lowest BCUT2D eigenvalue weighted by Gasteiger charge is -2.06. The van der Waals surface area contributed by atoms with Crippen LogP contribution in [0.1, 0.15) is 58.3 Å². The number of unbranched alkanes of at least 4 members (excludes halogenated alkanes) is 4. The van der Waals surface area contributed by atoms with Crippen molar-refractivity contribution in [2.45, 2.75) is 58.3 Å². The molecule has 4 heteroatoms. The van der Waals surface area contributed by atoms with Gasteiger partial charge in [0.15, 0.2) is 5.78 Å². The fourth-order valence-electron chi connectivity index (χ4n) is 2.66. The summed E-state index contributed by atoms with van der Waals surface area (Å²) in [5.74, 6) is -0.543. The summed E-state index contributed by atoms with van der Waals surface area (Å²) in [5.41, 5.74) is 0.296. The topological polar surface area (TPSA) is 63.6 Å². The zero-order chi connectivity index (χ0) is 15.7. The van der Waals surface area contributed by atoms with Gasteiger partial charge in [0.05, 0.1) is 12.7 Å². The number of ketones is 1. The van der Waals surface area contributed by atoms with Crippen molar-refractivity contribution in [1.29, 1.82) is 0 Å². The molecule has 1 unspecified atom stereocenters. The summed E-state index contributed by atoms with van der Waals surface area (Å²) in [6.07, 6.45) is 10.7. The van der Waals surface area contributed by atoms with Crippen molar-refractivity contribution >= 4 is 11.8 Å². The van der Waals surface area contributed by atoms with Crippen LogP contribution in [-0.2, 0) is 14.3 Å². The summed E-state index contributed by atoms with van der Waals surface area (Å²) in [6, 6.07) is 0. The van der Waals surface area contributed by atoms with Gasteiger partial charge in [0.25, 0.3) is 0 Å². The quantitative estimate of drug-likeness (QED) is 0.491. The van der Waals surface area contributed by atoms with Crippen molar-refractivity contribution < 1.29 is 19.4 Å². The number of carboxylic acid groups (broad SMARTS) is 1. The molecule has 0 spiro atoms. The second-order valence-electron chi connectivity index (χ2n) is 5.48. The van der Waals surface area contributed by atoms with E-state index in [0.717, 1.165) is 12.8 Å². The molecule has 1 aliphatic carbocycles. The predicted molar refractivity (Wildman–Crippen MR) is 81.9 cm³/mol. The monoisotopic (exact) mass is 294 g/mol. The molecular formula is C17H26O4. The summed E-state index contributed by atoms with van der Waals surface area (Å²) >= 11 is 0. The average Bonchev–Trinajstić information content (AvgIpc) is 2.88. The molecule has 118 valence electrons. The Morgan fingerprint density at radius 1 is 1.29 bits per heavy atom. The maximum atomic E-state index is 11.8. The third kappa shape index (κ3) is 5.74. The van der Waals surface area contributed by atoms with Gasteiger partial charge in [-0.05, 0) is 18.9 Å². The Labute approximate surface area is 126 Å². The lowest BCUT2D eigenvalue weighted by Crippen LogP contribution is -2.09. The largest absolute Gasteiger partial charge is 0.501 e. The molecule has 0 amide bonds. The lowest BCUT2D eigenvalue weighted by atomic mass is 9.99. The zero-order valence-electron chi connectivity index (χ0n) is 13.1. The molecule has 0 saturated carbocycles. The molecule has 1 aliphatic rings. The minimum atomic E-state index is -0.953. The van der Waals surface area contributed by atoms with Crippen LogP contribution < -0.4 is 0 Å². The van der Waals surface area contributed by atoms with Crippen molar-refractivity contribution in [1.82, 2.24) is 0 Å². The Bertz CT molecular complexity index is 421. The summed E-state index contributed by atoms with van der Waals surface area (Å²) in [7, 11) is 1.49. The van der Waals surface area contributed by atoms with E-state index in [4.69, 9.17) is 4.74 Å². The molecule has 1 atom stereocenters. The van der Waals surface area contributed by atoms with Crippen LogP contribution in [0.25, 0.3) is 0 Å². The fourth-order valence-corrected chi connectivity index (χ4v) is 2.66. The molecule has 4 nitrogen and oxygen atoms in total. The first-order valence-corrected chi connectivity index (χ1v) is 7.81. The number of carboxylic acids is 1. The molecule has 0 heterocycles. The van der Waals surface area contributed by atoms with Crippen molar-refractivity contribution in [3.05, 3.63) is 23.5 Å². The van der Waals surface area contributed by atoms with Crippen molar-refractivity contribution in [3.8, 4) is 0 Å². The average molecular weight is 294 g/mol. The third-order valence-electron chi connectivity index (χ3n) is 3.87. The van der Waals surface area contributed by atoms with Crippen LogP contribution in [0.3, 0.4) is 0 Å². The van der Waals surface area contributed by atoms with Crippen LogP contribution in [0.4, 0.5) is 0 Å². The minimum absolute atomic E-state index is 0.0853. The molecule has 1 N–H and O–H groups in total. The van der Waals surface area contributed by atoms with Crippen LogP contribution >= 0.6 is 0 Å². The molecule has 0 aromatic carbocycles. The molecule has 0 aromatic heterocycles. The molecule has 0 aliphatic heterocycles. The van der Waals surface area contributed by atoms with Crippen molar-refractivity contribution in [3.63, 3.8) is 0 Å². The van der Waals surface area contributed by atoms with Gasteiger partial charge in [-0.1, -0.05) is 38.7 Å². The Balaban J connectivity index is 2.43. The molecular weight excluding hydrogens is 268 g/mol. The van der Waals surface area contributed by atoms with Gasteiger partial charge in [-0.25, -0.2) is 4.79 Å². The first-order chi connectivity index (χ1) is 10.1. The summed E-state index contributed by atoms with van der Waals surface area (Å²) < 4.78 is 5.10. The van der Waals surface area contributed by atoms with Gasteiger partial charge in [0.1, 0.15) is 5.76 Å². The van der Waals surface area contributed by atoms with Gasteiger partial charge in [0, 0.05) is 18.8 Å². The van der Waals surface area contributed by atoms with Crippen LogP contribution in [0.2, 0.25) is 0 Å². The van der Waals surface area contributed by atoms with E-state index in [1.54, 1.807) is 12.2 Å². The van der Waals surface area contributed by atoms with E-state index in [1.165, 1.54) is 26.4 Å². The van der Waals surface area contributed by atoms with E-state index in [0.29, 0.717) is 30.6 Å². The van der Waals surface area contributed by atoms with Crippen molar-refractivity contribution in [2.24, 2.45) is 5.92 Å². The first-order valence-electron chi connectivity index (χ1n) is 7.81. The Kier molecular flexibility index (Phi) is 7.80. The SMILES string of the molecule is CCCCCCCC(=O)C=CC1CCC(OC)=C1C(=O)O. The molecule has 0 aromatic rings. The third-order valence-corrected chi connectivity index (χ3v) is 3.87. The van der Waals surface area contributed by atoms with E-state index < -0.39 is 5.97 Å². The first kappa shape index (κ1) is 17.5. The Morgan fingerprint density at radius 2 is 2.00 bits per heavy atom. The van der Waals surface area contributed by atoms with E-state index in [2.05, 4.69) is 6.92 Å². The van der Waals surface area contributed by atoms with Gasteiger partial charge in [-0.2, -0.15) is 0 Å². The number of ether oxygens (including phenoxy) is 1. The van der Waals surface area contributed by atoms with Crippen LogP contribution in [0, 0.1) is 5.92 Å². The van der Waals surface area contributed by atoms with E-state index >= 15 is 0 Å². The van der Waals surface area contributed by atoms with Gasteiger partial charge in [0.2, 0.25) is 0 Å². The number of hydrogen-bond donors (Lipinski definition) is 1. The maximum absolute atomic E-state index is 11.8. The number of carbonyl (C=O) groups excluding carboxylic acids is 1. The smallest absolute Gasteiger partial charge is 0.335 e. The zero-order valence-corrected chi connectivity index (χ0v) is 13.1. The minimum Gasteiger partial charge on any atom is -0.501 e. The molecule has 0 saturated heterocycles. The van der Waals surface area contributed by atoms with E-state index in [9.17, 15) is 14.7 Å². The maximum Gasteiger partial charge on any atom is 0.335 e. The number of carbonyl (C=O) groups is 2. The summed E-state index contributed by atoms with van der Waals surface area (Å²) in [5, 5.41) is 9.22. The summed E-state index contributed by atoms with van der Waals surface area (Å²) in [4.78, 5) is 23.0. The lowest BCUT2D eigenvalue weighted by molar-refractivity contribution is -0.133. The highest BCUT2D eigenvalue weighted by Crippen LogP contribution is 2.33. The van der Waals surface area contributed by atoms with Gasteiger partial charge in [-0.3, -0.25) is 4.79 Å². The fraction of sp³-hybridized carbons (Fsp3) is 0.647. The van der Waals surface area contributed by atoms with Gasteiger partial charge < -0.3 is 9.84 Å². The van der Waals surface area contributed by atoms with Gasteiger partial charge >= 0.3 is 5.97 Å². The van der Waals surface area contributed by atoms with Crippen LogP contribution in [0.15, 0.2) is 23.5 Å². The highest BCUT2D eigenvalue weighted by atomic mass is 16.5. The normalized spacial score (nSPS) is 18.5. The predicted octanol–water partition coefficient (Wildman–Crippen LogP) is 3.87. The number of hydrogen-bond acceptors (Lipinski definition) is 3. The van der Waals surface area contributed by atoms with Crippen molar-refractivity contribution in [2.75, 3.05) is 7.11 Å². The number of methoxy groups -OCH3 is 1. The van der Waals surface area contributed by atoms with Crippen LogP contribution in [0.5, 0.6) is 0 Å². The highest BCUT2D eigenvalue weighted by Gasteiger charge is 2.29. The van der Waals surface area contributed by atoms with E-state index in [-0.39, 0.29) is 11.7 Å². The molecule has 0 radical (unpaired) electrons. The molecule has 21 heavy (non-hydrogen) atoms.